The van der Waals surface area contributed by atoms with Crippen LogP contribution < -0.4 is 9.80 Å². The van der Waals surface area contributed by atoms with Crippen LogP contribution in [0.15, 0.2) is 12.4 Å². The second kappa shape index (κ2) is 7.51. The van der Waals surface area contributed by atoms with Crippen molar-refractivity contribution in [2.24, 2.45) is 0 Å². The molecule has 1 aromatic heterocycles. The highest BCUT2D eigenvalue weighted by Crippen LogP contribution is 2.27. The third-order valence-electron chi connectivity index (χ3n) is 4.66. The molecule has 1 N–H and O–H groups in total. The van der Waals surface area contributed by atoms with Gasteiger partial charge in [-0.25, -0.2) is 9.97 Å². The third kappa shape index (κ3) is 3.66. The zero-order valence-corrected chi connectivity index (χ0v) is 14.1. The molecule has 0 aliphatic carbocycles. The molecule has 1 aromatic rings. The molecule has 22 heavy (non-hydrogen) atoms. The van der Waals surface area contributed by atoms with Crippen LogP contribution >= 0.6 is 11.8 Å². The Balaban J connectivity index is 1.76. The predicted molar refractivity (Wildman–Crippen MR) is 92.9 cm³/mol. The second-order valence-electron chi connectivity index (χ2n) is 6.22. The van der Waals surface area contributed by atoms with Gasteiger partial charge in [0.05, 0.1) is 12.6 Å². The molecule has 2 aliphatic rings. The smallest absolute Gasteiger partial charge is 0.134 e. The number of anilines is 2. The standard InChI is InChI=1S/C16H26N4OS/c1-13-5-7-19(8-9-22-13)15-10-16(18-12-17-15)20-6-3-2-4-14(20)11-21/h10,12-14,21H,2-9,11H2,1H3. The normalized spacial score (nSPS) is 26.8. The Morgan fingerprint density at radius 3 is 2.91 bits per heavy atom. The van der Waals surface area contributed by atoms with Crippen molar-refractivity contribution in [1.29, 1.82) is 0 Å². The van der Waals surface area contributed by atoms with Crippen molar-refractivity contribution in [3.63, 3.8) is 0 Å². The van der Waals surface area contributed by atoms with Gasteiger partial charge >= 0.3 is 0 Å². The van der Waals surface area contributed by atoms with E-state index in [0.717, 1.165) is 48.7 Å². The number of rotatable bonds is 3. The second-order valence-corrected chi connectivity index (χ2v) is 7.76. The van der Waals surface area contributed by atoms with Crippen molar-refractivity contribution in [3.05, 3.63) is 12.4 Å². The van der Waals surface area contributed by atoms with E-state index in [1.807, 2.05) is 11.8 Å². The van der Waals surface area contributed by atoms with E-state index >= 15 is 0 Å². The number of thioether (sulfide) groups is 1. The first-order valence-corrected chi connectivity index (χ1v) is 9.39. The number of piperidine rings is 1. The lowest BCUT2D eigenvalue weighted by atomic mass is 10.0. The molecule has 2 saturated heterocycles. The van der Waals surface area contributed by atoms with Crippen molar-refractivity contribution in [2.45, 2.75) is 43.9 Å². The number of aliphatic hydroxyl groups excluding tert-OH is 1. The number of nitrogens with zero attached hydrogens (tertiary/aromatic N) is 4. The van der Waals surface area contributed by atoms with Crippen LogP contribution in [0.3, 0.4) is 0 Å². The zero-order valence-electron chi connectivity index (χ0n) is 13.3. The molecule has 122 valence electrons. The molecule has 6 heteroatoms. The van der Waals surface area contributed by atoms with Crippen molar-refractivity contribution < 1.29 is 5.11 Å². The van der Waals surface area contributed by atoms with E-state index in [2.05, 4.69) is 32.8 Å². The summed E-state index contributed by atoms with van der Waals surface area (Å²) in [5.74, 6) is 3.15. The largest absolute Gasteiger partial charge is 0.394 e. The van der Waals surface area contributed by atoms with Gasteiger partial charge in [0.25, 0.3) is 0 Å². The number of hydrogen-bond donors (Lipinski definition) is 1. The first-order valence-electron chi connectivity index (χ1n) is 8.34. The molecule has 2 fully saturated rings. The minimum Gasteiger partial charge on any atom is -0.394 e. The monoisotopic (exact) mass is 322 g/mol. The molecule has 2 unspecified atom stereocenters. The zero-order chi connectivity index (χ0) is 15.4. The molecule has 0 spiro atoms. The molecular weight excluding hydrogens is 296 g/mol. The van der Waals surface area contributed by atoms with Crippen LogP contribution in [0.4, 0.5) is 11.6 Å². The van der Waals surface area contributed by atoms with E-state index in [0.29, 0.717) is 0 Å². The highest BCUT2D eigenvalue weighted by molar-refractivity contribution is 7.99. The van der Waals surface area contributed by atoms with Crippen LogP contribution in [0.25, 0.3) is 0 Å². The molecule has 0 radical (unpaired) electrons. The van der Waals surface area contributed by atoms with Gasteiger partial charge in [-0.2, -0.15) is 11.8 Å². The summed E-state index contributed by atoms with van der Waals surface area (Å²) in [5, 5.41) is 10.3. The fraction of sp³-hybridized carbons (Fsp3) is 0.750. The SMILES string of the molecule is CC1CCN(c2cc(N3CCCCC3CO)ncn2)CCS1. The van der Waals surface area contributed by atoms with Crippen molar-refractivity contribution >= 4 is 23.4 Å². The van der Waals surface area contributed by atoms with Crippen LogP contribution in [0.5, 0.6) is 0 Å². The maximum absolute atomic E-state index is 9.61. The van der Waals surface area contributed by atoms with E-state index in [4.69, 9.17) is 0 Å². The Bertz CT molecular complexity index is 487. The van der Waals surface area contributed by atoms with Gasteiger partial charge in [0.15, 0.2) is 0 Å². The highest BCUT2D eigenvalue weighted by Gasteiger charge is 2.24. The van der Waals surface area contributed by atoms with Gasteiger partial charge in [0.2, 0.25) is 0 Å². The Morgan fingerprint density at radius 1 is 1.18 bits per heavy atom. The van der Waals surface area contributed by atoms with E-state index in [1.54, 1.807) is 6.33 Å². The first-order chi connectivity index (χ1) is 10.8. The lowest BCUT2D eigenvalue weighted by molar-refractivity contribution is 0.239. The fourth-order valence-corrected chi connectivity index (χ4v) is 4.29. The number of hydrogen-bond acceptors (Lipinski definition) is 6. The maximum Gasteiger partial charge on any atom is 0.134 e. The Kier molecular flexibility index (Phi) is 5.41. The highest BCUT2D eigenvalue weighted by atomic mass is 32.2. The molecule has 0 saturated carbocycles. The number of aliphatic hydroxyl groups is 1. The number of aromatic nitrogens is 2. The van der Waals surface area contributed by atoms with Gasteiger partial charge in [-0.15, -0.1) is 0 Å². The van der Waals surface area contributed by atoms with Crippen LogP contribution in [0.2, 0.25) is 0 Å². The quantitative estimate of drug-likeness (QED) is 0.920. The van der Waals surface area contributed by atoms with Crippen LogP contribution in [0, 0.1) is 0 Å². The topological polar surface area (TPSA) is 52.5 Å². The van der Waals surface area contributed by atoms with E-state index in [9.17, 15) is 5.11 Å². The maximum atomic E-state index is 9.61. The van der Waals surface area contributed by atoms with Crippen LogP contribution in [-0.2, 0) is 0 Å². The van der Waals surface area contributed by atoms with E-state index < -0.39 is 0 Å². The average molecular weight is 322 g/mol. The summed E-state index contributed by atoms with van der Waals surface area (Å²) in [4.78, 5) is 13.6. The Labute approximate surface area is 137 Å². The molecule has 3 rings (SSSR count). The minimum absolute atomic E-state index is 0.205. The van der Waals surface area contributed by atoms with E-state index in [-0.39, 0.29) is 12.6 Å². The first kappa shape index (κ1) is 15.9. The van der Waals surface area contributed by atoms with Gasteiger partial charge in [-0.3, -0.25) is 0 Å². The van der Waals surface area contributed by atoms with Gasteiger partial charge in [0, 0.05) is 36.7 Å². The van der Waals surface area contributed by atoms with Crippen molar-refractivity contribution in [2.75, 3.05) is 41.8 Å². The van der Waals surface area contributed by atoms with Crippen molar-refractivity contribution in [1.82, 2.24) is 9.97 Å². The van der Waals surface area contributed by atoms with Crippen LogP contribution in [0.1, 0.15) is 32.6 Å². The third-order valence-corrected chi connectivity index (χ3v) is 5.89. The molecule has 2 aliphatic heterocycles. The molecule has 0 amide bonds. The summed E-state index contributed by atoms with van der Waals surface area (Å²) >= 11 is 2.05. The molecule has 0 bridgehead atoms. The Hall–Kier alpha value is -1.01. The van der Waals surface area contributed by atoms with Gasteiger partial charge in [0.1, 0.15) is 18.0 Å². The summed E-state index contributed by atoms with van der Waals surface area (Å²) in [6.45, 7) is 5.61. The summed E-state index contributed by atoms with van der Waals surface area (Å²) in [6, 6.07) is 2.31. The average Bonchev–Trinajstić information content (AvgIpc) is 2.79. The van der Waals surface area contributed by atoms with Gasteiger partial charge < -0.3 is 14.9 Å². The minimum atomic E-state index is 0.205. The summed E-state index contributed by atoms with van der Waals surface area (Å²) in [5.41, 5.74) is 0. The lowest BCUT2D eigenvalue weighted by Gasteiger charge is -2.36. The van der Waals surface area contributed by atoms with Gasteiger partial charge in [-0.05, 0) is 25.7 Å². The Morgan fingerprint density at radius 2 is 2.05 bits per heavy atom. The predicted octanol–water partition coefficient (Wildman–Crippen LogP) is 2.16. The molecule has 3 heterocycles. The lowest BCUT2D eigenvalue weighted by Crippen LogP contribution is -2.42. The molecular formula is C16H26N4OS. The van der Waals surface area contributed by atoms with E-state index in [1.165, 1.54) is 19.3 Å². The van der Waals surface area contributed by atoms with Gasteiger partial charge in [-0.1, -0.05) is 6.92 Å². The fourth-order valence-electron chi connectivity index (χ4n) is 3.29. The molecule has 2 atom stereocenters. The summed E-state index contributed by atoms with van der Waals surface area (Å²) < 4.78 is 0. The summed E-state index contributed by atoms with van der Waals surface area (Å²) in [7, 11) is 0. The van der Waals surface area contributed by atoms with Crippen LogP contribution in [-0.4, -0.2) is 58.4 Å². The molecule has 5 nitrogen and oxygen atoms in total. The summed E-state index contributed by atoms with van der Waals surface area (Å²) in [6.07, 6.45) is 6.30. The van der Waals surface area contributed by atoms with Crippen molar-refractivity contribution in [3.8, 4) is 0 Å². The molecule has 0 aromatic carbocycles.